The van der Waals surface area contributed by atoms with E-state index < -0.39 is 0 Å². The molecule has 148 heavy (non-hydrogen) atoms. The molecule has 6 nitrogen and oxygen atoms in total. The fourth-order valence-corrected chi connectivity index (χ4v) is 23.9. The van der Waals surface area contributed by atoms with Gasteiger partial charge < -0.3 is 27.4 Å². The molecule has 0 radical (unpaired) electrons. The summed E-state index contributed by atoms with van der Waals surface area (Å²) >= 11 is 0. The minimum atomic E-state index is 1.14. The maximum absolute atomic E-state index is 2.46. The van der Waals surface area contributed by atoms with Crippen molar-refractivity contribution < 1.29 is 0 Å². The van der Waals surface area contributed by atoms with Crippen LogP contribution < -0.4 is 0 Å². The second kappa shape index (κ2) is 35.2. The molecule has 0 aliphatic rings. The van der Waals surface area contributed by atoms with Crippen molar-refractivity contribution in [3.63, 3.8) is 0 Å². The largest absolute Gasteiger partial charge is 0.309 e. The van der Waals surface area contributed by atoms with E-state index in [0.717, 1.165) is 11.4 Å². The van der Waals surface area contributed by atoms with Gasteiger partial charge in [-0.05, 0) is 239 Å². The second-order valence-electron chi connectivity index (χ2n) is 38.9. The van der Waals surface area contributed by atoms with Gasteiger partial charge in [0, 0.05) is 97.9 Å². The van der Waals surface area contributed by atoms with Crippen LogP contribution in [0.5, 0.6) is 0 Å². The van der Waals surface area contributed by atoms with Crippen molar-refractivity contribution in [3.8, 4) is 101 Å². The maximum atomic E-state index is 2.46. The second-order valence-corrected chi connectivity index (χ2v) is 38.9. The van der Waals surface area contributed by atoms with E-state index in [1.165, 1.54) is 263 Å². The number of rotatable bonds is 12. The molecule has 0 aliphatic carbocycles. The van der Waals surface area contributed by atoms with Crippen molar-refractivity contribution in [1.82, 2.24) is 27.4 Å². The molecule has 6 heteroatoms. The number of fused-ring (bicyclic) bond motifs is 23. The monoisotopic (exact) mass is 1880 g/mol. The zero-order chi connectivity index (χ0) is 97.4. The van der Waals surface area contributed by atoms with Crippen LogP contribution in [0.4, 0.5) is 0 Å². The van der Waals surface area contributed by atoms with Crippen molar-refractivity contribution in [2.24, 2.45) is 0 Å². The summed E-state index contributed by atoms with van der Waals surface area (Å²) in [5.74, 6) is 0. The fraction of sp³-hybridized carbons (Fsp3) is 0. The van der Waals surface area contributed by atoms with Crippen molar-refractivity contribution in [1.29, 1.82) is 0 Å². The predicted molar refractivity (Wildman–Crippen MR) is 628 cm³/mol. The quantitative estimate of drug-likeness (QED) is 0.109. The maximum Gasteiger partial charge on any atom is 0.0547 e. The highest BCUT2D eigenvalue weighted by Crippen LogP contribution is 2.48. The number of benzene rings is 25. The predicted octanol–water partition coefficient (Wildman–Crippen LogP) is 38.3. The topological polar surface area (TPSA) is 29.6 Å². The normalized spacial score (nSPS) is 11.8. The van der Waals surface area contributed by atoms with E-state index in [-0.39, 0.29) is 0 Å². The summed E-state index contributed by atoms with van der Waals surface area (Å²) in [5.41, 5.74) is 36.1. The highest BCUT2D eigenvalue weighted by Gasteiger charge is 2.25. The summed E-state index contributed by atoms with van der Waals surface area (Å²) in [4.78, 5) is 0. The van der Waals surface area contributed by atoms with Crippen molar-refractivity contribution >= 4 is 174 Å². The molecule has 0 amide bonds. The van der Waals surface area contributed by atoms with Gasteiger partial charge in [-0.1, -0.05) is 413 Å². The Bertz CT molecular complexity index is 10700. The Balaban J connectivity index is 0.000000105. The van der Waals surface area contributed by atoms with Crippen LogP contribution in [0, 0.1) is 0 Å². The summed E-state index contributed by atoms with van der Waals surface area (Å²) in [6.07, 6.45) is 0. The molecule has 0 atom stereocenters. The van der Waals surface area contributed by atoms with E-state index in [0.29, 0.717) is 0 Å². The van der Waals surface area contributed by atoms with Crippen LogP contribution in [-0.4, -0.2) is 27.4 Å². The van der Waals surface area contributed by atoms with Gasteiger partial charge in [0.1, 0.15) is 0 Å². The summed E-state index contributed by atoms with van der Waals surface area (Å²) in [5, 5.41) is 25.1. The molecule has 0 unspecified atom stereocenters. The lowest BCUT2D eigenvalue weighted by Crippen LogP contribution is -1.96. The molecule has 6 aromatic heterocycles. The van der Waals surface area contributed by atoms with Crippen LogP contribution in [0.3, 0.4) is 0 Å². The average molecular weight is 1880 g/mol. The first kappa shape index (κ1) is 85.1. The standard InChI is InChI=1S/C52H34N2.C46H30N2.C44H28N2/c1-3-14-35(15-4-1)40-30-41(36-16-5-2-6-17-36)32-42(31-40)53-49-23-11-9-21-44(49)46-28-26-38(33-51(46)53)39-27-29-47-45-22-10-12-24-50(45)54(52(47)34-39)48-25-13-19-37-18-7-8-20-43(37)48;1-2-11-31(12-3-1)32-21-25-36(26-22-32)47-43-18-8-6-16-38(43)40-27-23-34(29-45(40)47)35-24-28-41-39-17-7-9-19-44(39)48(46(41)30-35)42-20-10-14-33-13-4-5-15-37(33)42;1-2-13-32(14-3-1)45-40-20-10-8-18-36(40)38-26-29(22-24-42(38)45)30-23-25-43-39(27-30)37-19-9-11-21-41(37)46(43)44-28-31-12-4-5-15-33(31)34-16-6-7-17-35(34)44/h1-34H;1-30H;1-28H. The first-order chi connectivity index (χ1) is 73.4. The average Bonchev–Trinajstić information content (AvgIpc) is 1.57. The lowest BCUT2D eigenvalue weighted by atomic mass is 9.98. The van der Waals surface area contributed by atoms with Crippen LogP contribution in [0.25, 0.3) is 275 Å². The number of nitrogens with zero attached hydrogens (tertiary/aromatic N) is 6. The molecule has 0 fully saturated rings. The van der Waals surface area contributed by atoms with Crippen LogP contribution in [0.1, 0.15) is 0 Å². The van der Waals surface area contributed by atoms with Gasteiger partial charge >= 0.3 is 0 Å². The lowest BCUT2D eigenvalue weighted by Gasteiger charge is -2.15. The molecule has 0 saturated carbocycles. The SMILES string of the molecule is c1ccc(-c2cc(-c3ccccc3)cc(-n3c4ccccc4c4ccc(-c5ccc6c7ccccc7n(-c7cccc8ccccc78)c6c5)cc43)c2)cc1.c1ccc(-c2ccc(-n3c4ccccc4c4ccc(-c5ccc6c7ccccc7n(-c7cccc8ccccc78)c6c5)cc43)cc2)cc1.c1ccc(-n2c3ccccc3c3cc(-c4ccc5c(c4)c4ccccc4n5-c4cc5ccccc5c5ccccc45)ccc32)cc1. The van der Waals surface area contributed by atoms with Crippen LogP contribution >= 0.6 is 0 Å². The molecular weight excluding hydrogens is 1790 g/mol. The zero-order valence-electron chi connectivity index (χ0n) is 80.8. The van der Waals surface area contributed by atoms with Gasteiger partial charge in [-0.3, -0.25) is 0 Å². The number of aromatic nitrogens is 6. The minimum absolute atomic E-state index is 1.14. The highest BCUT2D eigenvalue weighted by molar-refractivity contribution is 6.20. The van der Waals surface area contributed by atoms with Gasteiger partial charge in [-0.25, -0.2) is 0 Å². The Labute approximate surface area is 854 Å². The summed E-state index contributed by atoms with van der Waals surface area (Å²) in [6, 6.07) is 204. The highest BCUT2D eigenvalue weighted by atomic mass is 15.0. The summed E-state index contributed by atoms with van der Waals surface area (Å²) < 4.78 is 14.6. The van der Waals surface area contributed by atoms with E-state index in [9.17, 15) is 0 Å². The number of hydrogen-bond donors (Lipinski definition) is 0. The van der Waals surface area contributed by atoms with Crippen molar-refractivity contribution in [2.75, 3.05) is 0 Å². The first-order valence-corrected chi connectivity index (χ1v) is 51.0. The Hall–Kier alpha value is -19.7. The van der Waals surface area contributed by atoms with Gasteiger partial charge in [0.25, 0.3) is 0 Å². The van der Waals surface area contributed by atoms with Crippen LogP contribution in [-0.2, 0) is 0 Å². The fourth-order valence-electron chi connectivity index (χ4n) is 23.9. The van der Waals surface area contributed by atoms with Gasteiger partial charge in [0.05, 0.1) is 83.3 Å². The Morgan fingerprint density at radius 1 is 0.0878 bits per heavy atom. The molecule has 0 bridgehead atoms. The molecule has 31 aromatic rings. The van der Waals surface area contributed by atoms with Gasteiger partial charge in [0.15, 0.2) is 0 Å². The van der Waals surface area contributed by atoms with E-state index in [1.807, 2.05) is 0 Å². The molecule has 0 N–H and O–H groups in total. The Morgan fingerprint density at radius 2 is 0.338 bits per heavy atom. The summed E-state index contributed by atoms with van der Waals surface area (Å²) in [6.45, 7) is 0. The minimum Gasteiger partial charge on any atom is -0.309 e. The number of para-hydroxylation sites is 7. The third kappa shape index (κ3) is 14.2. The lowest BCUT2D eigenvalue weighted by molar-refractivity contribution is 1.18. The van der Waals surface area contributed by atoms with Gasteiger partial charge in [-0.15, -0.1) is 0 Å². The Morgan fingerprint density at radius 3 is 0.757 bits per heavy atom. The third-order valence-electron chi connectivity index (χ3n) is 30.7. The molecule has 31 rings (SSSR count). The molecule has 0 spiro atoms. The van der Waals surface area contributed by atoms with Gasteiger partial charge in [-0.2, -0.15) is 0 Å². The van der Waals surface area contributed by atoms with Gasteiger partial charge in [0.2, 0.25) is 0 Å². The molecular formula is C142H92N6. The third-order valence-corrected chi connectivity index (χ3v) is 30.7. The van der Waals surface area contributed by atoms with E-state index in [1.54, 1.807) is 0 Å². The zero-order valence-corrected chi connectivity index (χ0v) is 80.8. The van der Waals surface area contributed by atoms with E-state index in [4.69, 9.17) is 0 Å². The molecule has 690 valence electrons. The molecule has 0 aliphatic heterocycles. The molecule has 0 saturated heterocycles. The summed E-state index contributed by atoms with van der Waals surface area (Å²) in [7, 11) is 0. The Kier molecular flexibility index (Phi) is 20.2. The smallest absolute Gasteiger partial charge is 0.0547 e. The van der Waals surface area contributed by atoms with Crippen molar-refractivity contribution in [3.05, 3.63) is 558 Å². The van der Waals surface area contributed by atoms with Crippen LogP contribution in [0.2, 0.25) is 0 Å². The van der Waals surface area contributed by atoms with E-state index in [2.05, 4.69) is 586 Å². The van der Waals surface area contributed by atoms with Crippen LogP contribution in [0.15, 0.2) is 558 Å². The number of hydrogen-bond acceptors (Lipinski definition) is 0. The van der Waals surface area contributed by atoms with Crippen molar-refractivity contribution in [2.45, 2.75) is 0 Å². The first-order valence-electron chi connectivity index (χ1n) is 51.0. The molecule has 6 heterocycles. The molecule has 25 aromatic carbocycles. The van der Waals surface area contributed by atoms with E-state index >= 15 is 0 Å².